The van der Waals surface area contributed by atoms with Crippen LogP contribution in [-0.4, -0.2) is 28.6 Å². The van der Waals surface area contributed by atoms with Crippen molar-refractivity contribution in [3.63, 3.8) is 0 Å². The van der Waals surface area contributed by atoms with E-state index >= 15 is 0 Å². The summed E-state index contributed by atoms with van der Waals surface area (Å²) >= 11 is 0. The van der Waals surface area contributed by atoms with Crippen molar-refractivity contribution in [2.24, 2.45) is 5.92 Å². The molecule has 0 saturated heterocycles. The van der Waals surface area contributed by atoms with E-state index in [1.54, 1.807) is 6.20 Å². The largest absolute Gasteiger partial charge is 0.476 e. The normalized spacial score (nSPS) is 15.8. The predicted octanol–water partition coefficient (Wildman–Crippen LogP) is 3.57. The number of aromatic nitrogens is 1. The van der Waals surface area contributed by atoms with E-state index in [2.05, 4.69) is 23.7 Å². The molecule has 1 aromatic heterocycles. The molecule has 0 amide bonds. The molecule has 4 heteroatoms. The molecular weight excluding hydrogens is 252 g/mol. The first-order valence-electron chi connectivity index (χ1n) is 7.54. The van der Waals surface area contributed by atoms with Crippen LogP contribution in [0.4, 0.5) is 5.69 Å². The Morgan fingerprint density at radius 3 is 2.75 bits per heavy atom. The highest BCUT2D eigenvalue weighted by atomic mass is 16.4. The van der Waals surface area contributed by atoms with Crippen molar-refractivity contribution in [3.05, 3.63) is 24.0 Å². The maximum Gasteiger partial charge on any atom is 0.356 e. The third-order valence-electron chi connectivity index (χ3n) is 4.01. The Morgan fingerprint density at radius 2 is 2.15 bits per heavy atom. The van der Waals surface area contributed by atoms with Crippen molar-refractivity contribution in [1.29, 1.82) is 0 Å². The molecule has 0 aliphatic heterocycles. The molecule has 4 nitrogen and oxygen atoms in total. The maximum atomic E-state index is 11.4. The van der Waals surface area contributed by atoms with Crippen LogP contribution in [0.3, 0.4) is 0 Å². The van der Waals surface area contributed by atoms with Crippen molar-refractivity contribution in [3.8, 4) is 0 Å². The Morgan fingerprint density at radius 1 is 1.45 bits per heavy atom. The van der Waals surface area contributed by atoms with Gasteiger partial charge in [0.2, 0.25) is 0 Å². The first-order chi connectivity index (χ1) is 9.59. The lowest BCUT2D eigenvalue weighted by Crippen LogP contribution is -2.36. The Balaban J connectivity index is 2.27. The summed E-state index contributed by atoms with van der Waals surface area (Å²) in [7, 11) is 0. The van der Waals surface area contributed by atoms with Gasteiger partial charge in [-0.1, -0.05) is 26.7 Å². The number of anilines is 1. The van der Waals surface area contributed by atoms with Crippen LogP contribution in [0.2, 0.25) is 0 Å². The van der Waals surface area contributed by atoms with E-state index in [0.29, 0.717) is 12.0 Å². The van der Waals surface area contributed by atoms with Crippen molar-refractivity contribution in [2.75, 3.05) is 11.4 Å². The van der Waals surface area contributed by atoms with Crippen LogP contribution in [0.15, 0.2) is 18.3 Å². The number of hydrogen-bond acceptors (Lipinski definition) is 3. The Kier molecular flexibility index (Phi) is 4.99. The quantitative estimate of drug-likeness (QED) is 0.863. The van der Waals surface area contributed by atoms with Crippen LogP contribution < -0.4 is 4.90 Å². The summed E-state index contributed by atoms with van der Waals surface area (Å²) in [5, 5.41) is 9.35. The van der Waals surface area contributed by atoms with Crippen LogP contribution in [0.5, 0.6) is 0 Å². The Bertz CT molecular complexity index is 454. The molecule has 1 N–H and O–H groups in total. The van der Waals surface area contributed by atoms with Crippen LogP contribution in [-0.2, 0) is 0 Å². The van der Waals surface area contributed by atoms with Gasteiger partial charge in [-0.25, -0.2) is 9.78 Å². The van der Waals surface area contributed by atoms with Crippen molar-refractivity contribution in [1.82, 2.24) is 4.98 Å². The van der Waals surface area contributed by atoms with Crippen LogP contribution >= 0.6 is 0 Å². The number of carboxylic acid groups (broad SMARTS) is 1. The third-order valence-corrected chi connectivity index (χ3v) is 4.01. The molecular formula is C16H24N2O2. The molecule has 1 aromatic rings. The SMILES string of the molecule is CC(C)CCN(c1cccnc1C(=O)O)C1CCCC1. The predicted molar refractivity (Wildman–Crippen MR) is 80.3 cm³/mol. The van der Waals surface area contributed by atoms with Gasteiger partial charge in [-0.2, -0.15) is 0 Å². The number of carboxylic acids is 1. The van der Waals surface area contributed by atoms with Gasteiger partial charge in [0.05, 0.1) is 5.69 Å². The topological polar surface area (TPSA) is 53.4 Å². The molecule has 110 valence electrons. The van der Waals surface area contributed by atoms with Crippen LogP contribution in [0, 0.1) is 5.92 Å². The van der Waals surface area contributed by atoms with Gasteiger partial charge in [-0.15, -0.1) is 0 Å². The first-order valence-corrected chi connectivity index (χ1v) is 7.54. The molecule has 0 radical (unpaired) electrons. The molecule has 2 rings (SSSR count). The third kappa shape index (κ3) is 3.50. The summed E-state index contributed by atoms with van der Waals surface area (Å²) < 4.78 is 0. The van der Waals surface area contributed by atoms with Gasteiger partial charge in [0.1, 0.15) is 0 Å². The van der Waals surface area contributed by atoms with Gasteiger partial charge in [-0.05, 0) is 37.3 Å². The van der Waals surface area contributed by atoms with Crippen LogP contribution in [0.25, 0.3) is 0 Å². The van der Waals surface area contributed by atoms with Crippen LogP contribution in [0.1, 0.15) is 56.4 Å². The lowest BCUT2D eigenvalue weighted by molar-refractivity contribution is 0.0691. The van der Waals surface area contributed by atoms with Gasteiger partial charge in [0.15, 0.2) is 5.69 Å². The smallest absolute Gasteiger partial charge is 0.356 e. The highest BCUT2D eigenvalue weighted by Gasteiger charge is 2.26. The lowest BCUT2D eigenvalue weighted by Gasteiger charge is -2.32. The fourth-order valence-electron chi connectivity index (χ4n) is 2.91. The minimum Gasteiger partial charge on any atom is -0.476 e. The monoisotopic (exact) mass is 276 g/mol. The molecule has 0 unspecified atom stereocenters. The number of aromatic carboxylic acids is 1. The number of pyridine rings is 1. The van der Waals surface area contributed by atoms with E-state index in [1.807, 2.05) is 12.1 Å². The maximum absolute atomic E-state index is 11.4. The van der Waals surface area contributed by atoms with E-state index in [4.69, 9.17) is 0 Å². The van der Waals surface area contributed by atoms with E-state index in [1.165, 1.54) is 12.8 Å². The zero-order valence-electron chi connectivity index (χ0n) is 12.4. The summed E-state index contributed by atoms with van der Waals surface area (Å²) in [5.41, 5.74) is 0.968. The van der Waals surface area contributed by atoms with Gasteiger partial charge in [0, 0.05) is 18.8 Å². The summed E-state index contributed by atoms with van der Waals surface area (Å²) in [6, 6.07) is 4.20. The summed E-state index contributed by atoms with van der Waals surface area (Å²) in [6.07, 6.45) is 7.43. The van der Waals surface area contributed by atoms with E-state index in [9.17, 15) is 9.90 Å². The lowest BCUT2D eigenvalue weighted by atomic mass is 10.1. The van der Waals surface area contributed by atoms with Gasteiger partial charge in [0.25, 0.3) is 0 Å². The standard InChI is InChI=1S/C16H24N2O2/c1-12(2)9-11-18(13-6-3-4-7-13)14-8-5-10-17-15(14)16(19)20/h5,8,10,12-13H,3-4,6-7,9,11H2,1-2H3,(H,19,20). The van der Waals surface area contributed by atoms with E-state index in [0.717, 1.165) is 31.5 Å². The number of rotatable bonds is 6. The van der Waals surface area contributed by atoms with Crippen molar-refractivity contribution >= 4 is 11.7 Å². The van der Waals surface area contributed by atoms with Crippen molar-refractivity contribution < 1.29 is 9.90 Å². The zero-order valence-corrected chi connectivity index (χ0v) is 12.4. The van der Waals surface area contributed by atoms with E-state index < -0.39 is 5.97 Å². The zero-order chi connectivity index (χ0) is 14.5. The summed E-state index contributed by atoms with van der Waals surface area (Å²) in [4.78, 5) is 17.7. The van der Waals surface area contributed by atoms with Gasteiger partial charge < -0.3 is 10.0 Å². The number of nitrogens with zero attached hydrogens (tertiary/aromatic N) is 2. The molecule has 1 aliphatic carbocycles. The average Bonchev–Trinajstić information content (AvgIpc) is 2.93. The Hall–Kier alpha value is -1.58. The van der Waals surface area contributed by atoms with E-state index in [-0.39, 0.29) is 5.69 Å². The fraction of sp³-hybridized carbons (Fsp3) is 0.625. The molecule has 1 heterocycles. The minimum atomic E-state index is -0.937. The molecule has 1 fully saturated rings. The average molecular weight is 276 g/mol. The number of hydrogen-bond donors (Lipinski definition) is 1. The minimum absolute atomic E-state index is 0.183. The Labute approximate surface area is 120 Å². The molecule has 1 aliphatic rings. The number of carbonyl (C=O) groups is 1. The summed E-state index contributed by atoms with van der Waals surface area (Å²) in [5.74, 6) is -0.322. The second-order valence-corrected chi connectivity index (χ2v) is 5.99. The second-order valence-electron chi connectivity index (χ2n) is 5.99. The highest BCUT2D eigenvalue weighted by Crippen LogP contribution is 2.30. The first kappa shape index (κ1) is 14.8. The molecule has 1 saturated carbocycles. The fourth-order valence-corrected chi connectivity index (χ4v) is 2.91. The second kappa shape index (κ2) is 6.73. The van der Waals surface area contributed by atoms with Crippen molar-refractivity contribution in [2.45, 2.75) is 52.0 Å². The molecule has 0 aromatic carbocycles. The highest BCUT2D eigenvalue weighted by molar-refractivity contribution is 5.92. The molecule has 0 atom stereocenters. The molecule has 20 heavy (non-hydrogen) atoms. The van der Waals surface area contributed by atoms with Gasteiger partial charge >= 0.3 is 5.97 Å². The summed E-state index contributed by atoms with van der Waals surface area (Å²) in [6.45, 7) is 5.32. The molecule has 0 spiro atoms. The molecule has 0 bridgehead atoms. The van der Waals surface area contributed by atoms with Gasteiger partial charge in [-0.3, -0.25) is 0 Å².